The summed E-state index contributed by atoms with van der Waals surface area (Å²) in [5.41, 5.74) is 0.255. The summed E-state index contributed by atoms with van der Waals surface area (Å²) in [6, 6.07) is 6.25. The van der Waals surface area contributed by atoms with E-state index in [1.807, 2.05) is 0 Å². The van der Waals surface area contributed by atoms with Gasteiger partial charge in [0.15, 0.2) is 6.61 Å². The van der Waals surface area contributed by atoms with Crippen LogP contribution < -0.4 is 9.88 Å². The fourth-order valence-corrected chi connectivity index (χ4v) is 2.56. The third-order valence-electron chi connectivity index (χ3n) is 2.76. The van der Waals surface area contributed by atoms with Gasteiger partial charge in [-0.3, -0.25) is 4.98 Å². The third kappa shape index (κ3) is 2.69. The Morgan fingerprint density at radius 1 is 1.24 bits per heavy atom. The molecule has 0 radical (unpaired) electrons. The second kappa shape index (κ2) is 5.11. The van der Waals surface area contributed by atoms with Gasteiger partial charge >= 0.3 is 0 Å². The van der Waals surface area contributed by atoms with Crippen LogP contribution >= 0.6 is 0 Å². The van der Waals surface area contributed by atoms with E-state index < -0.39 is 10.0 Å². The number of rotatable bonds is 4. The van der Waals surface area contributed by atoms with Crippen LogP contribution in [0.25, 0.3) is 10.9 Å². The summed E-state index contributed by atoms with van der Waals surface area (Å²) in [6.45, 7) is 0.0925. The molecule has 0 fully saturated rings. The lowest BCUT2D eigenvalue weighted by Crippen LogP contribution is -2.13. The van der Waals surface area contributed by atoms with E-state index in [2.05, 4.69) is 19.6 Å². The molecule has 0 unspecified atom stereocenters. The summed E-state index contributed by atoms with van der Waals surface area (Å²) in [5, 5.41) is 9.34. The van der Waals surface area contributed by atoms with Crippen LogP contribution in [0.4, 0.5) is 0 Å². The number of primary sulfonamides is 1. The average molecular weight is 306 g/mol. The first-order chi connectivity index (χ1) is 10.1. The summed E-state index contributed by atoms with van der Waals surface area (Å²) in [7, 11) is -3.86. The summed E-state index contributed by atoms with van der Waals surface area (Å²) in [6.07, 6.45) is 2.68. The number of aromatic nitrogens is 3. The zero-order chi connectivity index (χ0) is 14.9. The highest BCUT2D eigenvalue weighted by Gasteiger charge is 2.16. The molecule has 8 nitrogen and oxygen atoms in total. The first-order valence-corrected chi connectivity index (χ1v) is 7.39. The molecule has 3 rings (SSSR count). The maximum absolute atomic E-state index is 11.6. The number of nitrogens with zero attached hydrogens (tertiary/aromatic N) is 3. The lowest BCUT2D eigenvalue weighted by molar-refractivity contribution is 0.289. The topological polar surface area (TPSA) is 121 Å². The number of pyridine rings is 1. The molecule has 0 saturated heterocycles. The Hall–Kier alpha value is -2.52. The van der Waals surface area contributed by atoms with E-state index in [-0.39, 0.29) is 17.0 Å². The predicted octanol–water partition coefficient (Wildman–Crippen LogP) is 0.844. The van der Waals surface area contributed by atoms with Crippen LogP contribution in [0.3, 0.4) is 0 Å². The molecule has 0 saturated carbocycles. The first kappa shape index (κ1) is 13.5. The number of fused-ring (bicyclic) bond motifs is 1. The molecule has 108 valence electrons. The minimum atomic E-state index is -3.86. The van der Waals surface area contributed by atoms with Crippen LogP contribution in [-0.4, -0.2) is 23.5 Å². The van der Waals surface area contributed by atoms with Crippen molar-refractivity contribution in [3.63, 3.8) is 0 Å². The van der Waals surface area contributed by atoms with Crippen LogP contribution in [0.5, 0.6) is 5.75 Å². The zero-order valence-electron chi connectivity index (χ0n) is 10.6. The molecule has 2 aromatic heterocycles. The Balaban J connectivity index is 2.05. The zero-order valence-corrected chi connectivity index (χ0v) is 11.4. The van der Waals surface area contributed by atoms with E-state index >= 15 is 0 Å². The molecular formula is C12H10N4O4S. The highest BCUT2D eigenvalue weighted by molar-refractivity contribution is 7.89. The van der Waals surface area contributed by atoms with Crippen molar-refractivity contribution in [3.8, 4) is 5.75 Å². The highest BCUT2D eigenvalue weighted by Crippen LogP contribution is 2.29. The van der Waals surface area contributed by atoms with E-state index in [9.17, 15) is 8.42 Å². The summed E-state index contributed by atoms with van der Waals surface area (Å²) in [4.78, 5) is 7.85. The molecule has 0 aliphatic heterocycles. The lowest BCUT2D eigenvalue weighted by Gasteiger charge is -2.09. The van der Waals surface area contributed by atoms with E-state index in [4.69, 9.17) is 9.88 Å². The van der Waals surface area contributed by atoms with E-state index in [0.717, 1.165) is 0 Å². The molecule has 3 aromatic rings. The van der Waals surface area contributed by atoms with Crippen molar-refractivity contribution >= 4 is 20.9 Å². The maximum atomic E-state index is 11.6. The minimum Gasteiger partial charge on any atom is -0.485 e. The van der Waals surface area contributed by atoms with Gasteiger partial charge in [-0.25, -0.2) is 13.6 Å². The number of sulfonamides is 1. The van der Waals surface area contributed by atoms with Crippen molar-refractivity contribution in [1.82, 2.24) is 15.1 Å². The van der Waals surface area contributed by atoms with Gasteiger partial charge in [-0.15, -0.1) is 0 Å². The van der Waals surface area contributed by atoms with Crippen molar-refractivity contribution < 1.29 is 17.7 Å². The van der Waals surface area contributed by atoms with Gasteiger partial charge in [-0.1, -0.05) is 5.16 Å². The molecular weight excluding hydrogens is 296 g/mol. The van der Waals surface area contributed by atoms with Crippen molar-refractivity contribution in [2.45, 2.75) is 11.5 Å². The molecule has 21 heavy (non-hydrogen) atoms. The van der Waals surface area contributed by atoms with Gasteiger partial charge in [0.25, 0.3) is 0 Å². The quantitative estimate of drug-likeness (QED) is 0.758. The molecule has 1 aromatic carbocycles. The largest absolute Gasteiger partial charge is 0.485 e. The van der Waals surface area contributed by atoms with Crippen molar-refractivity contribution in [2.24, 2.45) is 5.14 Å². The lowest BCUT2D eigenvalue weighted by atomic mass is 10.2. The van der Waals surface area contributed by atoms with Crippen LogP contribution in [0, 0.1) is 0 Å². The fraction of sp³-hybridized carbons (Fsp3) is 0.0833. The van der Waals surface area contributed by atoms with Gasteiger partial charge in [0.1, 0.15) is 10.6 Å². The Kier molecular flexibility index (Phi) is 3.28. The van der Waals surface area contributed by atoms with E-state index in [1.165, 1.54) is 24.7 Å². The van der Waals surface area contributed by atoms with Crippen LogP contribution in [0.1, 0.15) is 5.82 Å². The number of ether oxygens (including phenoxy) is 1. The molecule has 9 heteroatoms. The fourth-order valence-electron chi connectivity index (χ4n) is 1.87. The third-order valence-corrected chi connectivity index (χ3v) is 3.71. The second-order valence-corrected chi connectivity index (χ2v) is 5.67. The average Bonchev–Trinajstić information content (AvgIpc) is 2.96. The molecule has 0 aliphatic rings. The number of hydrogen-bond donors (Lipinski definition) is 1. The first-order valence-electron chi connectivity index (χ1n) is 5.84. The van der Waals surface area contributed by atoms with Gasteiger partial charge in [0, 0.05) is 11.6 Å². The Morgan fingerprint density at radius 2 is 2.10 bits per heavy atom. The highest BCUT2D eigenvalue weighted by atomic mass is 32.2. The SMILES string of the molecule is NS(=O)(=O)c1ccc(OCc2ncon2)c2cccnc12. The van der Waals surface area contributed by atoms with Crippen LogP contribution in [0.2, 0.25) is 0 Å². The molecule has 2 heterocycles. The van der Waals surface area contributed by atoms with Crippen molar-refractivity contribution in [1.29, 1.82) is 0 Å². The Bertz CT molecular complexity index is 877. The summed E-state index contributed by atoms with van der Waals surface area (Å²) in [5.74, 6) is 0.831. The molecule has 0 bridgehead atoms. The molecule has 0 amide bonds. The molecule has 0 atom stereocenters. The number of nitrogens with two attached hydrogens (primary N) is 1. The molecule has 2 N–H and O–H groups in total. The van der Waals surface area contributed by atoms with Crippen molar-refractivity contribution in [3.05, 3.63) is 42.7 Å². The van der Waals surface area contributed by atoms with Gasteiger partial charge in [-0.05, 0) is 24.3 Å². The standard InChI is InChI=1S/C12H10N4O4S/c13-21(17,18)10-4-3-9(8-2-1-5-14-12(8)10)19-6-11-15-7-20-16-11/h1-5,7H,6H2,(H2,13,17,18). The van der Waals surface area contributed by atoms with Gasteiger partial charge in [-0.2, -0.15) is 4.98 Å². The smallest absolute Gasteiger partial charge is 0.240 e. The molecule has 0 aliphatic carbocycles. The molecule has 0 spiro atoms. The number of hydrogen-bond acceptors (Lipinski definition) is 7. The maximum Gasteiger partial charge on any atom is 0.240 e. The van der Waals surface area contributed by atoms with Crippen LogP contribution in [0.15, 0.2) is 46.3 Å². The van der Waals surface area contributed by atoms with Crippen LogP contribution in [-0.2, 0) is 16.6 Å². The van der Waals surface area contributed by atoms with E-state index in [0.29, 0.717) is 17.0 Å². The normalized spacial score (nSPS) is 11.7. The van der Waals surface area contributed by atoms with Gasteiger partial charge < -0.3 is 9.26 Å². The van der Waals surface area contributed by atoms with Gasteiger partial charge in [0.2, 0.25) is 22.2 Å². The van der Waals surface area contributed by atoms with Crippen molar-refractivity contribution in [2.75, 3.05) is 0 Å². The Morgan fingerprint density at radius 3 is 2.81 bits per heavy atom. The second-order valence-electron chi connectivity index (χ2n) is 4.14. The summed E-state index contributed by atoms with van der Waals surface area (Å²) < 4.78 is 33.3. The summed E-state index contributed by atoms with van der Waals surface area (Å²) >= 11 is 0. The predicted molar refractivity (Wildman–Crippen MR) is 71.7 cm³/mol. The van der Waals surface area contributed by atoms with E-state index in [1.54, 1.807) is 12.1 Å². The minimum absolute atomic E-state index is 0.0509. The Labute approximate surface area is 119 Å². The number of benzene rings is 1. The van der Waals surface area contributed by atoms with Gasteiger partial charge in [0.05, 0.1) is 5.52 Å². The monoisotopic (exact) mass is 306 g/mol.